The molecule has 0 amide bonds. The molecule has 2 heterocycles. The lowest BCUT2D eigenvalue weighted by Gasteiger charge is -2.04. The predicted molar refractivity (Wildman–Crippen MR) is 76.2 cm³/mol. The first-order chi connectivity index (χ1) is 10.1. The van der Waals surface area contributed by atoms with Crippen LogP contribution in [0.2, 0.25) is 0 Å². The first-order valence-corrected chi connectivity index (χ1v) is 6.25. The summed E-state index contributed by atoms with van der Waals surface area (Å²) in [5.41, 5.74) is 8.12. The zero-order chi connectivity index (χ0) is 15.0. The second kappa shape index (κ2) is 4.97. The van der Waals surface area contributed by atoms with Crippen LogP contribution in [0.15, 0.2) is 42.7 Å². The lowest BCUT2D eigenvalue weighted by molar-refractivity contribution is 0.621. The number of pyridine rings is 1. The Labute approximate surface area is 119 Å². The molecule has 21 heavy (non-hydrogen) atoms. The molecule has 0 saturated heterocycles. The number of nitrogen functional groups attached to an aromatic ring is 1. The molecule has 2 N–H and O–H groups in total. The smallest absolute Gasteiger partial charge is 0.142 e. The van der Waals surface area contributed by atoms with Gasteiger partial charge in [0.1, 0.15) is 23.1 Å². The van der Waals surface area contributed by atoms with Gasteiger partial charge < -0.3 is 5.73 Å². The Morgan fingerprint density at radius 1 is 1.05 bits per heavy atom. The molecule has 6 heteroatoms. The number of nitrogens with zero attached hydrogens (tertiary/aromatic N) is 3. The first kappa shape index (κ1) is 13.2. The highest BCUT2D eigenvalue weighted by Gasteiger charge is 2.18. The van der Waals surface area contributed by atoms with Gasteiger partial charge in [0.2, 0.25) is 0 Å². The van der Waals surface area contributed by atoms with E-state index in [1.807, 2.05) is 0 Å². The molecule has 0 atom stereocenters. The number of aryl methyl sites for hydroxylation is 1. The van der Waals surface area contributed by atoms with E-state index in [1.165, 1.54) is 29.1 Å². The van der Waals surface area contributed by atoms with Gasteiger partial charge in [0.15, 0.2) is 0 Å². The number of rotatable bonds is 2. The van der Waals surface area contributed by atoms with Crippen molar-refractivity contribution in [3.8, 4) is 22.4 Å². The van der Waals surface area contributed by atoms with Gasteiger partial charge in [0.05, 0.1) is 11.8 Å². The van der Waals surface area contributed by atoms with Gasteiger partial charge in [-0.25, -0.2) is 8.78 Å². The molecule has 1 aromatic carbocycles. The average Bonchev–Trinajstić information content (AvgIpc) is 2.75. The van der Waals surface area contributed by atoms with Crippen LogP contribution in [0.4, 0.5) is 14.6 Å². The van der Waals surface area contributed by atoms with E-state index < -0.39 is 5.82 Å². The maximum atomic E-state index is 13.4. The number of anilines is 1. The summed E-state index contributed by atoms with van der Waals surface area (Å²) in [4.78, 5) is 3.81. The summed E-state index contributed by atoms with van der Waals surface area (Å²) in [6.07, 6.45) is 2.60. The number of halogens is 2. The van der Waals surface area contributed by atoms with E-state index in [4.69, 9.17) is 5.73 Å². The summed E-state index contributed by atoms with van der Waals surface area (Å²) in [5, 5.41) is 4.29. The van der Waals surface area contributed by atoms with Crippen LogP contribution in [0.25, 0.3) is 22.4 Å². The SMILES string of the molecule is Cn1nc(-c2cncc(F)c2)c(-c2cccc(F)c2)c1N. The Balaban J connectivity index is 2.25. The molecule has 0 spiro atoms. The molecule has 0 aliphatic rings. The monoisotopic (exact) mass is 286 g/mol. The number of benzene rings is 1. The van der Waals surface area contributed by atoms with Gasteiger partial charge in [-0.1, -0.05) is 12.1 Å². The van der Waals surface area contributed by atoms with Gasteiger partial charge in [0.25, 0.3) is 0 Å². The van der Waals surface area contributed by atoms with Crippen LogP contribution in [-0.2, 0) is 7.05 Å². The van der Waals surface area contributed by atoms with Crippen LogP contribution in [0.5, 0.6) is 0 Å². The molecular weight excluding hydrogens is 274 g/mol. The van der Waals surface area contributed by atoms with Crippen LogP contribution >= 0.6 is 0 Å². The average molecular weight is 286 g/mol. The summed E-state index contributed by atoms with van der Waals surface area (Å²) in [5.74, 6) is -0.471. The summed E-state index contributed by atoms with van der Waals surface area (Å²) >= 11 is 0. The minimum atomic E-state index is -0.470. The maximum Gasteiger partial charge on any atom is 0.142 e. The molecule has 106 valence electrons. The second-order valence-electron chi connectivity index (χ2n) is 4.63. The maximum absolute atomic E-state index is 13.4. The second-order valence-corrected chi connectivity index (χ2v) is 4.63. The topological polar surface area (TPSA) is 56.7 Å². The standard InChI is InChI=1S/C15H12F2N4/c1-21-15(18)13(9-3-2-4-11(16)5-9)14(20-21)10-6-12(17)8-19-7-10/h2-8H,18H2,1H3. The molecular formula is C15H12F2N4. The van der Waals surface area contributed by atoms with E-state index in [0.717, 1.165) is 6.20 Å². The van der Waals surface area contributed by atoms with Crippen molar-refractivity contribution in [1.29, 1.82) is 0 Å². The van der Waals surface area contributed by atoms with Gasteiger partial charge >= 0.3 is 0 Å². The third-order valence-corrected chi connectivity index (χ3v) is 3.18. The minimum absolute atomic E-state index is 0.375. The Kier molecular flexibility index (Phi) is 3.13. The minimum Gasteiger partial charge on any atom is -0.383 e. The Hall–Kier alpha value is -2.76. The third-order valence-electron chi connectivity index (χ3n) is 3.18. The molecule has 0 unspecified atom stereocenters. The van der Waals surface area contributed by atoms with Crippen molar-refractivity contribution in [3.63, 3.8) is 0 Å². The molecule has 2 aromatic heterocycles. The van der Waals surface area contributed by atoms with Crippen molar-refractivity contribution in [2.45, 2.75) is 0 Å². The number of aromatic nitrogens is 3. The van der Waals surface area contributed by atoms with Crippen molar-refractivity contribution < 1.29 is 8.78 Å². The van der Waals surface area contributed by atoms with Crippen LogP contribution < -0.4 is 5.73 Å². The van der Waals surface area contributed by atoms with Crippen molar-refractivity contribution in [2.75, 3.05) is 5.73 Å². The van der Waals surface area contributed by atoms with Gasteiger partial charge in [0, 0.05) is 18.8 Å². The lowest BCUT2D eigenvalue weighted by Crippen LogP contribution is -1.98. The van der Waals surface area contributed by atoms with Crippen molar-refractivity contribution in [2.24, 2.45) is 7.05 Å². The lowest BCUT2D eigenvalue weighted by atomic mass is 10.0. The molecule has 4 nitrogen and oxygen atoms in total. The van der Waals surface area contributed by atoms with Crippen LogP contribution in [0.1, 0.15) is 0 Å². The van der Waals surface area contributed by atoms with Crippen LogP contribution in [0.3, 0.4) is 0 Å². The Bertz CT molecular complexity index is 811. The van der Waals surface area contributed by atoms with Crippen LogP contribution in [0, 0.1) is 11.6 Å². The highest BCUT2D eigenvalue weighted by Crippen LogP contribution is 2.35. The largest absolute Gasteiger partial charge is 0.383 e. The third kappa shape index (κ3) is 2.35. The van der Waals surface area contributed by atoms with Gasteiger partial charge in [-0.2, -0.15) is 5.10 Å². The summed E-state index contributed by atoms with van der Waals surface area (Å²) in [6.45, 7) is 0. The Morgan fingerprint density at radius 2 is 1.81 bits per heavy atom. The molecule has 3 rings (SSSR count). The molecule has 3 aromatic rings. The number of hydrogen-bond donors (Lipinski definition) is 1. The van der Waals surface area contributed by atoms with Crippen molar-refractivity contribution in [1.82, 2.24) is 14.8 Å². The zero-order valence-corrected chi connectivity index (χ0v) is 11.2. The summed E-state index contributed by atoms with van der Waals surface area (Å²) in [7, 11) is 1.67. The number of nitrogens with two attached hydrogens (primary N) is 1. The van der Waals surface area contributed by atoms with E-state index in [-0.39, 0.29) is 5.82 Å². The molecule has 0 radical (unpaired) electrons. The summed E-state index contributed by atoms with van der Waals surface area (Å²) < 4.78 is 28.3. The van der Waals surface area contributed by atoms with Gasteiger partial charge in [-0.15, -0.1) is 0 Å². The summed E-state index contributed by atoms with van der Waals surface area (Å²) in [6, 6.07) is 7.35. The Morgan fingerprint density at radius 3 is 2.52 bits per heavy atom. The zero-order valence-electron chi connectivity index (χ0n) is 11.2. The van der Waals surface area contributed by atoms with E-state index >= 15 is 0 Å². The number of hydrogen-bond acceptors (Lipinski definition) is 3. The fourth-order valence-corrected chi connectivity index (χ4v) is 2.21. The molecule has 0 bridgehead atoms. The fraction of sp³-hybridized carbons (Fsp3) is 0.0667. The molecule has 0 saturated carbocycles. The van der Waals surface area contributed by atoms with Gasteiger partial charge in [-0.3, -0.25) is 9.67 Å². The molecule has 0 aliphatic carbocycles. The molecule has 0 fully saturated rings. The van der Waals surface area contributed by atoms with E-state index in [1.54, 1.807) is 19.2 Å². The fourth-order valence-electron chi connectivity index (χ4n) is 2.21. The van der Waals surface area contributed by atoms with E-state index in [0.29, 0.717) is 28.2 Å². The normalized spacial score (nSPS) is 10.8. The highest BCUT2D eigenvalue weighted by atomic mass is 19.1. The van der Waals surface area contributed by atoms with Crippen LogP contribution in [-0.4, -0.2) is 14.8 Å². The first-order valence-electron chi connectivity index (χ1n) is 6.25. The molecule has 0 aliphatic heterocycles. The van der Waals surface area contributed by atoms with Crippen molar-refractivity contribution in [3.05, 3.63) is 54.4 Å². The highest BCUT2D eigenvalue weighted by molar-refractivity contribution is 5.87. The van der Waals surface area contributed by atoms with Crippen molar-refractivity contribution >= 4 is 5.82 Å². The van der Waals surface area contributed by atoms with E-state index in [9.17, 15) is 8.78 Å². The van der Waals surface area contributed by atoms with Gasteiger partial charge in [-0.05, 0) is 23.8 Å². The predicted octanol–water partition coefficient (Wildman–Crippen LogP) is 3.01. The quantitative estimate of drug-likeness (QED) is 0.788. The van der Waals surface area contributed by atoms with E-state index in [2.05, 4.69) is 10.1 Å².